The van der Waals surface area contributed by atoms with E-state index >= 15 is 0 Å². The highest BCUT2D eigenvalue weighted by Crippen LogP contribution is 2.38. The largest absolute Gasteiger partial charge is 0.0805 e. The summed E-state index contributed by atoms with van der Waals surface area (Å²) in [5, 5.41) is 0. The van der Waals surface area contributed by atoms with Crippen molar-refractivity contribution in [3.05, 3.63) is 41.5 Å². The molecule has 0 bridgehead atoms. The van der Waals surface area contributed by atoms with Crippen LogP contribution in [-0.4, -0.2) is 0 Å². The van der Waals surface area contributed by atoms with Crippen LogP contribution in [0.5, 0.6) is 0 Å². The highest BCUT2D eigenvalue weighted by atomic mass is 14.3. The van der Waals surface area contributed by atoms with Crippen LogP contribution >= 0.6 is 0 Å². The molecule has 1 atom stereocenters. The summed E-state index contributed by atoms with van der Waals surface area (Å²) in [6.45, 7) is 4.68. The molecule has 0 heteroatoms. The van der Waals surface area contributed by atoms with E-state index in [9.17, 15) is 0 Å². The molecule has 2 aliphatic rings. The number of rotatable bonds is 8. The van der Waals surface area contributed by atoms with Crippen LogP contribution in [0.15, 0.2) is 30.3 Å². The molecule has 0 N–H and O–H groups in total. The summed E-state index contributed by atoms with van der Waals surface area (Å²) >= 11 is 0. The summed E-state index contributed by atoms with van der Waals surface area (Å²) in [7, 11) is 0. The SMILES string of the molecule is CCCCCCC[C@H]1CC[C@H](c2ccc(C3=CCC(C)CC3)cc2)CC1. The zero-order valence-corrected chi connectivity index (χ0v) is 17.3. The number of hydrogen-bond donors (Lipinski definition) is 0. The zero-order valence-electron chi connectivity index (χ0n) is 17.3. The van der Waals surface area contributed by atoms with Crippen LogP contribution in [-0.2, 0) is 0 Å². The van der Waals surface area contributed by atoms with Gasteiger partial charge < -0.3 is 0 Å². The fourth-order valence-corrected chi connectivity index (χ4v) is 5.02. The molecule has 26 heavy (non-hydrogen) atoms. The van der Waals surface area contributed by atoms with Gasteiger partial charge in [-0.3, -0.25) is 0 Å². The second-order valence-electron chi connectivity index (χ2n) is 9.15. The summed E-state index contributed by atoms with van der Waals surface area (Å²) < 4.78 is 0. The van der Waals surface area contributed by atoms with E-state index in [1.54, 1.807) is 11.1 Å². The van der Waals surface area contributed by atoms with Gasteiger partial charge in [-0.2, -0.15) is 0 Å². The molecular formula is C26H40. The minimum atomic E-state index is 0.820. The van der Waals surface area contributed by atoms with Crippen LogP contribution in [0.25, 0.3) is 5.57 Å². The molecule has 0 radical (unpaired) electrons. The van der Waals surface area contributed by atoms with Crippen molar-refractivity contribution in [1.29, 1.82) is 0 Å². The Morgan fingerprint density at radius 1 is 0.846 bits per heavy atom. The first-order valence-corrected chi connectivity index (χ1v) is 11.6. The summed E-state index contributed by atoms with van der Waals surface area (Å²) in [5.74, 6) is 2.71. The average Bonchev–Trinajstić information content (AvgIpc) is 2.69. The first-order chi connectivity index (χ1) is 12.8. The molecule has 1 unspecified atom stereocenters. The van der Waals surface area contributed by atoms with E-state index in [1.807, 2.05) is 0 Å². The van der Waals surface area contributed by atoms with Crippen LogP contribution in [0.1, 0.15) is 114 Å². The van der Waals surface area contributed by atoms with Gasteiger partial charge >= 0.3 is 0 Å². The molecule has 3 rings (SSSR count). The number of allylic oxidation sites excluding steroid dienone is 2. The summed E-state index contributed by atoms with van der Waals surface area (Å²) in [4.78, 5) is 0. The fourth-order valence-electron chi connectivity index (χ4n) is 5.02. The van der Waals surface area contributed by atoms with Crippen LogP contribution in [0, 0.1) is 11.8 Å². The molecular weight excluding hydrogens is 312 g/mol. The van der Waals surface area contributed by atoms with Crippen LogP contribution < -0.4 is 0 Å². The maximum atomic E-state index is 2.48. The third-order valence-electron chi connectivity index (χ3n) is 6.99. The molecule has 0 heterocycles. The Hall–Kier alpha value is -1.04. The Balaban J connectivity index is 1.43. The van der Waals surface area contributed by atoms with Gasteiger partial charge in [-0.05, 0) is 79.4 Å². The predicted molar refractivity (Wildman–Crippen MR) is 116 cm³/mol. The highest BCUT2D eigenvalue weighted by Gasteiger charge is 2.22. The van der Waals surface area contributed by atoms with E-state index in [0.29, 0.717) is 0 Å². The van der Waals surface area contributed by atoms with Crippen molar-refractivity contribution in [3.63, 3.8) is 0 Å². The Morgan fingerprint density at radius 2 is 1.58 bits per heavy atom. The maximum absolute atomic E-state index is 2.48. The van der Waals surface area contributed by atoms with Crippen LogP contribution in [0.2, 0.25) is 0 Å². The average molecular weight is 353 g/mol. The van der Waals surface area contributed by atoms with E-state index in [0.717, 1.165) is 17.8 Å². The van der Waals surface area contributed by atoms with Crippen LogP contribution in [0.4, 0.5) is 0 Å². The van der Waals surface area contributed by atoms with Crippen molar-refractivity contribution >= 4 is 5.57 Å². The third kappa shape index (κ3) is 5.73. The Kier molecular flexibility index (Phi) is 7.84. The van der Waals surface area contributed by atoms with Crippen molar-refractivity contribution < 1.29 is 0 Å². The molecule has 0 aliphatic heterocycles. The molecule has 1 aromatic rings. The lowest BCUT2D eigenvalue weighted by Gasteiger charge is -2.29. The van der Waals surface area contributed by atoms with Gasteiger partial charge in [0, 0.05) is 0 Å². The van der Waals surface area contributed by atoms with E-state index in [2.05, 4.69) is 44.2 Å². The van der Waals surface area contributed by atoms with Crippen molar-refractivity contribution in [2.75, 3.05) is 0 Å². The smallest absolute Gasteiger partial charge is 0.0162 e. The van der Waals surface area contributed by atoms with Gasteiger partial charge in [0.25, 0.3) is 0 Å². The van der Waals surface area contributed by atoms with Gasteiger partial charge in [0.1, 0.15) is 0 Å². The predicted octanol–water partition coefficient (Wildman–Crippen LogP) is 8.52. The molecule has 0 nitrogen and oxygen atoms in total. The first-order valence-electron chi connectivity index (χ1n) is 11.6. The zero-order chi connectivity index (χ0) is 18.2. The Morgan fingerprint density at radius 3 is 2.23 bits per heavy atom. The van der Waals surface area contributed by atoms with E-state index in [1.165, 1.54) is 89.0 Å². The third-order valence-corrected chi connectivity index (χ3v) is 6.99. The molecule has 0 amide bonds. The molecule has 0 saturated heterocycles. The standard InChI is InChI=1S/C26H40/c1-3-4-5-6-7-8-22-11-15-24(16-12-22)26-19-17-25(18-20-26)23-13-9-21(2)10-14-23/h13,17-22,24H,3-12,14-16H2,1-2H3/t21?,22-,24-. The van der Waals surface area contributed by atoms with Gasteiger partial charge in [-0.1, -0.05) is 82.7 Å². The minimum Gasteiger partial charge on any atom is -0.0805 e. The molecule has 144 valence electrons. The quantitative estimate of drug-likeness (QED) is 0.411. The Bertz CT molecular complexity index is 542. The van der Waals surface area contributed by atoms with Crippen LogP contribution in [0.3, 0.4) is 0 Å². The minimum absolute atomic E-state index is 0.820. The number of hydrogen-bond acceptors (Lipinski definition) is 0. The second-order valence-corrected chi connectivity index (χ2v) is 9.15. The van der Waals surface area contributed by atoms with Crippen molar-refractivity contribution in [2.24, 2.45) is 11.8 Å². The second kappa shape index (κ2) is 10.3. The first kappa shape index (κ1) is 19.7. The summed E-state index contributed by atoms with van der Waals surface area (Å²) in [5.41, 5.74) is 4.66. The normalized spacial score (nSPS) is 26.5. The van der Waals surface area contributed by atoms with Crippen molar-refractivity contribution in [1.82, 2.24) is 0 Å². The lowest BCUT2D eigenvalue weighted by molar-refractivity contribution is 0.302. The lowest BCUT2D eigenvalue weighted by atomic mass is 9.76. The molecule has 2 aliphatic carbocycles. The van der Waals surface area contributed by atoms with Crippen molar-refractivity contribution in [3.8, 4) is 0 Å². The molecule has 1 aromatic carbocycles. The van der Waals surface area contributed by atoms with Gasteiger partial charge in [-0.15, -0.1) is 0 Å². The lowest BCUT2D eigenvalue weighted by Crippen LogP contribution is -2.13. The fraction of sp³-hybridized carbons (Fsp3) is 0.692. The Labute approximate surface area is 162 Å². The van der Waals surface area contributed by atoms with E-state index < -0.39 is 0 Å². The maximum Gasteiger partial charge on any atom is -0.0162 e. The monoisotopic (exact) mass is 352 g/mol. The summed E-state index contributed by atoms with van der Waals surface area (Å²) in [6, 6.07) is 9.67. The van der Waals surface area contributed by atoms with E-state index in [-0.39, 0.29) is 0 Å². The van der Waals surface area contributed by atoms with Gasteiger partial charge in [0.15, 0.2) is 0 Å². The number of unbranched alkanes of at least 4 members (excludes halogenated alkanes) is 4. The molecule has 1 saturated carbocycles. The molecule has 0 spiro atoms. The van der Waals surface area contributed by atoms with Gasteiger partial charge in [0.2, 0.25) is 0 Å². The van der Waals surface area contributed by atoms with Gasteiger partial charge in [-0.25, -0.2) is 0 Å². The van der Waals surface area contributed by atoms with E-state index in [4.69, 9.17) is 0 Å². The van der Waals surface area contributed by atoms with Crippen molar-refractivity contribution in [2.45, 2.75) is 103 Å². The summed E-state index contributed by atoms with van der Waals surface area (Å²) in [6.07, 6.45) is 20.8. The topological polar surface area (TPSA) is 0 Å². The molecule has 1 fully saturated rings. The molecule has 0 aromatic heterocycles. The number of benzene rings is 1. The van der Waals surface area contributed by atoms with Gasteiger partial charge in [0.05, 0.1) is 0 Å². The highest BCUT2D eigenvalue weighted by molar-refractivity contribution is 5.66.